The van der Waals surface area contributed by atoms with E-state index in [-0.39, 0.29) is 0 Å². The van der Waals surface area contributed by atoms with E-state index >= 15 is 0 Å². The molecule has 5 aromatic carbocycles. The Bertz CT molecular complexity index is 1320. The molecule has 0 fully saturated rings. The molecule has 2 heteroatoms. The third-order valence-electron chi connectivity index (χ3n) is 5.05. The molecule has 0 radical (unpaired) electrons. The summed E-state index contributed by atoms with van der Waals surface area (Å²) in [6, 6.07) is 27.0. The zero-order valence-electron chi connectivity index (χ0n) is 13.5. The van der Waals surface area contributed by atoms with E-state index in [1.165, 1.54) is 26.9 Å². The average molecular weight is 321 g/mol. The first kappa shape index (κ1) is 14.0. The van der Waals surface area contributed by atoms with Crippen LogP contribution in [0.4, 0.5) is 0 Å². The summed E-state index contributed by atoms with van der Waals surface area (Å²) in [5.74, 6) is -0.392. The zero-order chi connectivity index (χ0) is 17.0. The van der Waals surface area contributed by atoms with Crippen LogP contribution in [0, 0.1) is 0 Å². The van der Waals surface area contributed by atoms with Gasteiger partial charge in [0, 0.05) is 5.56 Å². The van der Waals surface area contributed by atoms with Crippen molar-refractivity contribution in [2.24, 2.45) is 5.73 Å². The van der Waals surface area contributed by atoms with E-state index < -0.39 is 5.91 Å². The Labute approximate surface area is 144 Å². The molecule has 0 unspecified atom stereocenters. The lowest BCUT2D eigenvalue weighted by atomic mass is 9.93. The quantitative estimate of drug-likeness (QED) is 0.413. The number of primary amides is 1. The van der Waals surface area contributed by atoms with Crippen LogP contribution in [0.3, 0.4) is 0 Å². The highest BCUT2D eigenvalue weighted by Crippen LogP contribution is 2.35. The van der Waals surface area contributed by atoms with E-state index in [4.69, 9.17) is 5.73 Å². The van der Waals surface area contributed by atoms with E-state index in [1.54, 1.807) is 6.07 Å². The minimum Gasteiger partial charge on any atom is -0.366 e. The molecule has 25 heavy (non-hydrogen) atoms. The summed E-state index contributed by atoms with van der Waals surface area (Å²) in [6.07, 6.45) is 0. The maximum Gasteiger partial charge on any atom is 0.249 e. The number of benzene rings is 5. The second-order valence-corrected chi connectivity index (χ2v) is 6.37. The highest BCUT2D eigenvalue weighted by Gasteiger charge is 2.10. The van der Waals surface area contributed by atoms with Gasteiger partial charge in [-0.05, 0) is 49.2 Å². The lowest BCUT2D eigenvalue weighted by Gasteiger charge is -2.11. The molecular formula is C23H15NO. The van der Waals surface area contributed by atoms with Crippen LogP contribution in [-0.4, -0.2) is 5.91 Å². The molecule has 118 valence electrons. The third kappa shape index (κ3) is 1.94. The van der Waals surface area contributed by atoms with Crippen molar-refractivity contribution in [3.63, 3.8) is 0 Å². The summed E-state index contributed by atoms with van der Waals surface area (Å²) in [5, 5.41) is 9.27. The SMILES string of the molecule is NC(=O)c1cccc2c1ccc1c2ccc2c3ccccc3ccc21. The molecule has 0 bridgehead atoms. The lowest BCUT2D eigenvalue weighted by Crippen LogP contribution is -2.11. The first-order chi connectivity index (χ1) is 12.2. The lowest BCUT2D eigenvalue weighted by molar-refractivity contribution is 0.100. The van der Waals surface area contributed by atoms with Gasteiger partial charge in [-0.1, -0.05) is 72.8 Å². The fourth-order valence-electron chi connectivity index (χ4n) is 3.89. The van der Waals surface area contributed by atoms with Crippen LogP contribution in [0.2, 0.25) is 0 Å². The first-order valence-electron chi connectivity index (χ1n) is 8.30. The van der Waals surface area contributed by atoms with E-state index in [1.807, 2.05) is 12.1 Å². The Balaban J connectivity index is 1.97. The fraction of sp³-hybridized carbons (Fsp3) is 0. The first-order valence-corrected chi connectivity index (χ1v) is 8.30. The number of rotatable bonds is 1. The van der Waals surface area contributed by atoms with Gasteiger partial charge in [0.25, 0.3) is 0 Å². The van der Waals surface area contributed by atoms with E-state index in [2.05, 4.69) is 60.7 Å². The Hall–Kier alpha value is -3.39. The highest BCUT2D eigenvalue weighted by molar-refractivity contribution is 6.23. The van der Waals surface area contributed by atoms with Crippen molar-refractivity contribution in [3.05, 3.63) is 84.4 Å². The minimum atomic E-state index is -0.392. The molecule has 0 aliphatic carbocycles. The average Bonchev–Trinajstić information content (AvgIpc) is 2.66. The van der Waals surface area contributed by atoms with Gasteiger partial charge in [0.05, 0.1) is 0 Å². The molecular weight excluding hydrogens is 306 g/mol. The summed E-state index contributed by atoms with van der Waals surface area (Å²) in [7, 11) is 0. The van der Waals surface area contributed by atoms with Gasteiger partial charge in [0.1, 0.15) is 0 Å². The van der Waals surface area contributed by atoms with Crippen LogP contribution in [0.5, 0.6) is 0 Å². The Morgan fingerprint density at radius 1 is 0.520 bits per heavy atom. The molecule has 1 amide bonds. The molecule has 0 aromatic heterocycles. The molecule has 0 aliphatic heterocycles. The van der Waals surface area contributed by atoms with Gasteiger partial charge < -0.3 is 5.73 Å². The summed E-state index contributed by atoms with van der Waals surface area (Å²) >= 11 is 0. The predicted molar refractivity (Wildman–Crippen MR) is 105 cm³/mol. The normalized spacial score (nSPS) is 11.5. The second-order valence-electron chi connectivity index (χ2n) is 6.37. The van der Waals surface area contributed by atoms with Crippen LogP contribution >= 0.6 is 0 Å². The molecule has 0 aliphatic rings. The summed E-state index contributed by atoms with van der Waals surface area (Å²) < 4.78 is 0. The fourth-order valence-corrected chi connectivity index (χ4v) is 3.89. The third-order valence-corrected chi connectivity index (χ3v) is 5.05. The number of fused-ring (bicyclic) bond motifs is 7. The highest BCUT2D eigenvalue weighted by atomic mass is 16.1. The monoisotopic (exact) mass is 321 g/mol. The van der Waals surface area contributed by atoms with Gasteiger partial charge in [-0.2, -0.15) is 0 Å². The van der Waals surface area contributed by atoms with E-state index in [9.17, 15) is 4.79 Å². The van der Waals surface area contributed by atoms with Gasteiger partial charge in [0.15, 0.2) is 0 Å². The van der Waals surface area contributed by atoms with Crippen molar-refractivity contribution in [2.45, 2.75) is 0 Å². The Morgan fingerprint density at radius 3 is 1.76 bits per heavy atom. The molecule has 0 heterocycles. The molecule has 2 N–H and O–H groups in total. The number of hydrogen-bond donors (Lipinski definition) is 1. The van der Waals surface area contributed by atoms with Gasteiger partial charge in [-0.15, -0.1) is 0 Å². The molecule has 5 aromatic rings. The minimum absolute atomic E-state index is 0.392. The number of carbonyl (C=O) groups is 1. The Morgan fingerprint density at radius 2 is 1.04 bits per heavy atom. The van der Waals surface area contributed by atoms with Crippen LogP contribution < -0.4 is 5.73 Å². The zero-order valence-corrected chi connectivity index (χ0v) is 13.5. The molecule has 0 saturated carbocycles. The molecule has 0 atom stereocenters. The molecule has 5 rings (SSSR count). The molecule has 0 spiro atoms. The molecule has 2 nitrogen and oxygen atoms in total. The summed E-state index contributed by atoms with van der Waals surface area (Å²) in [6.45, 7) is 0. The van der Waals surface area contributed by atoms with Crippen molar-refractivity contribution in [2.75, 3.05) is 0 Å². The number of amides is 1. The van der Waals surface area contributed by atoms with Crippen LogP contribution in [0.25, 0.3) is 43.1 Å². The van der Waals surface area contributed by atoms with Gasteiger partial charge in [-0.25, -0.2) is 0 Å². The topological polar surface area (TPSA) is 43.1 Å². The van der Waals surface area contributed by atoms with Gasteiger partial charge >= 0.3 is 0 Å². The molecule has 0 saturated heterocycles. The smallest absolute Gasteiger partial charge is 0.249 e. The van der Waals surface area contributed by atoms with Crippen molar-refractivity contribution < 1.29 is 4.79 Å². The number of carbonyl (C=O) groups excluding carboxylic acids is 1. The van der Waals surface area contributed by atoms with Crippen molar-refractivity contribution >= 4 is 49.0 Å². The predicted octanol–water partition coefficient (Wildman–Crippen LogP) is 5.40. The maximum absolute atomic E-state index is 11.7. The van der Waals surface area contributed by atoms with E-state index in [0.717, 1.165) is 16.2 Å². The number of hydrogen-bond acceptors (Lipinski definition) is 1. The standard InChI is InChI=1S/C23H15NO/c24-23(25)22-7-3-6-16-19-11-10-17-15-5-2-1-4-14(15)8-9-18(17)20(19)12-13-21(16)22/h1-13H,(H2,24,25). The van der Waals surface area contributed by atoms with Crippen LogP contribution in [0.15, 0.2) is 78.9 Å². The Kier molecular flexibility index (Phi) is 2.83. The summed E-state index contributed by atoms with van der Waals surface area (Å²) in [4.78, 5) is 11.7. The van der Waals surface area contributed by atoms with Gasteiger partial charge in [0.2, 0.25) is 5.91 Å². The number of nitrogens with two attached hydrogens (primary N) is 1. The largest absolute Gasteiger partial charge is 0.366 e. The maximum atomic E-state index is 11.7. The van der Waals surface area contributed by atoms with Gasteiger partial charge in [-0.3, -0.25) is 4.79 Å². The van der Waals surface area contributed by atoms with Crippen molar-refractivity contribution in [1.29, 1.82) is 0 Å². The van der Waals surface area contributed by atoms with E-state index in [0.29, 0.717) is 5.56 Å². The van der Waals surface area contributed by atoms with Crippen LogP contribution in [0.1, 0.15) is 10.4 Å². The summed E-state index contributed by atoms with van der Waals surface area (Å²) in [5.41, 5.74) is 6.11. The van der Waals surface area contributed by atoms with Crippen molar-refractivity contribution in [1.82, 2.24) is 0 Å². The van der Waals surface area contributed by atoms with Crippen molar-refractivity contribution in [3.8, 4) is 0 Å². The van der Waals surface area contributed by atoms with Crippen LogP contribution in [-0.2, 0) is 0 Å². The second kappa shape index (κ2) is 5.05.